The van der Waals surface area contributed by atoms with Crippen LogP contribution >= 0.6 is 0 Å². The first-order valence-electron chi connectivity index (χ1n) is 14.9. The van der Waals surface area contributed by atoms with Crippen molar-refractivity contribution < 1.29 is 38.2 Å². The van der Waals surface area contributed by atoms with Crippen LogP contribution < -0.4 is 0 Å². The van der Waals surface area contributed by atoms with E-state index >= 15 is 0 Å². The van der Waals surface area contributed by atoms with Gasteiger partial charge >= 0.3 is 5.97 Å². The number of rotatable bonds is 5. The maximum atomic E-state index is 13.9. The lowest BCUT2D eigenvalue weighted by Gasteiger charge is -2.60. The molecule has 11 nitrogen and oxygen atoms in total. The number of esters is 1. The van der Waals surface area contributed by atoms with Crippen molar-refractivity contribution >= 4 is 29.1 Å². The Bertz CT molecular complexity index is 1600. The molecule has 1 saturated heterocycles. The Morgan fingerprint density at radius 2 is 1.50 bits per heavy atom. The lowest BCUT2D eigenvalue weighted by molar-refractivity contribution is -0.153. The standard InChI is InChI=1S/C33H35N3O8/c1-15-27(37)18-12-21-26-25-19(28(38)16(2)32(43-5)30(25)40)11-20(35(26)3)22(13-34)36(21)23(24(18)29(39)31(15)42-4)14-44-33(41)17-9-7-6-8-10-17/h6-7,17,20-23,26H,8-12,14H2,1-5H3/t17?,20-,21-,22-,23-,26-/m0/s1. The number of Topliss-reactive ketones (excluding diaryl/α,β-unsaturated/α-hetero) is 4. The first kappa shape index (κ1) is 29.9. The van der Waals surface area contributed by atoms with E-state index in [1.54, 1.807) is 6.92 Å². The van der Waals surface area contributed by atoms with Crippen LogP contribution in [0.1, 0.15) is 46.0 Å². The fourth-order valence-electron chi connectivity index (χ4n) is 8.06. The summed E-state index contributed by atoms with van der Waals surface area (Å²) in [5, 5.41) is 10.6. The fraction of sp³-hybridized carbons (Fsp3) is 0.515. The summed E-state index contributed by atoms with van der Waals surface area (Å²) >= 11 is 0. The van der Waals surface area contributed by atoms with E-state index in [0.717, 1.165) is 6.42 Å². The number of ketones is 4. The molecule has 11 heteroatoms. The van der Waals surface area contributed by atoms with Gasteiger partial charge in [-0.05, 0) is 53.0 Å². The van der Waals surface area contributed by atoms with Crippen molar-refractivity contribution in [3.8, 4) is 6.07 Å². The topological polar surface area (TPSA) is 143 Å². The Balaban J connectivity index is 1.48. The van der Waals surface area contributed by atoms with Crippen LogP contribution in [0.3, 0.4) is 0 Å². The Kier molecular flexibility index (Phi) is 7.54. The lowest BCUT2D eigenvalue weighted by atomic mass is 9.67. The Hall–Kier alpha value is -4.14. The van der Waals surface area contributed by atoms with Gasteiger partial charge in [-0.1, -0.05) is 12.2 Å². The second-order valence-electron chi connectivity index (χ2n) is 12.2. The molecule has 0 aromatic carbocycles. The largest absolute Gasteiger partial charge is 0.492 e. The minimum Gasteiger partial charge on any atom is -0.492 e. The smallest absolute Gasteiger partial charge is 0.309 e. The zero-order valence-corrected chi connectivity index (χ0v) is 25.5. The normalized spacial score (nSPS) is 32.4. The van der Waals surface area contributed by atoms with Gasteiger partial charge in [0.05, 0.1) is 38.3 Å². The molecule has 2 bridgehead atoms. The van der Waals surface area contributed by atoms with Crippen LogP contribution in [0.15, 0.2) is 57.1 Å². The van der Waals surface area contributed by atoms with Gasteiger partial charge in [-0.15, -0.1) is 0 Å². The van der Waals surface area contributed by atoms with E-state index in [4.69, 9.17) is 14.2 Å². The number of ether oxygens (including phenoxy) is 3. The summed E-state index contributed by atoms with van der Waals surface area (Å²) in [6.45, 7) is 2.83. The van der Waals surface area contributed by atoms with Crippen molar-refractivity contribution in [3.63, 3.8) is 0 Å². The molecule has 0 saturated carbocycles. The molecule has 6 rings (SSSR count). The Morgan fingerprint density at radius 3 is 2.07 bits per heavy atom. The maximum absolute atomic E-state index is 13.9. The van der Waals surface area contributed by atoms with Crippen LogP contribution in [-0.2, 0) is 38.2 Å². The summed E-state index contributed by atoms with van der Waals surface area (Å²) in [4.78, 5) is 72.1. The average molecular weight is 602 g/mol. The van der Waals surface area contributed by atoms with Crippen molar-refractivity contribution in [2.24, 2.45) is 5.92 Å². The van der Waals surface area contributed by atoms with E-state index in [0.29, 0.717) is 18.4 Å². The summed E-state index contributed by atoms with van der Waals surface area (Å²) in [7, 11) is 4.49. The lowest BCUT2D eigenvalue weighted by Crippen LogP contribution is -2.74. The zero-order chi connectivity index (χ0) is 31.6. The van der Waals surface area contributed by atoms with Crippen molar-refractivity contribution in [3.05, 3.63) is 57.1 Å². The second kappa shape index (κ2) is 11.1. The number of methoxy groups -OCH3 is 2. The highest BCUT2D eigenvalue weighted by Gasteiger charge is 2.60. The number of carbonyl (C=O) groups excluding carboxylic acids is 5. The molecule has 0 spiro atoms. The average Bonchev–Trinajstić information content (AvgIpc) is 3.02. The van der Waals surface area contributed by atoms with Gasteiger partial charge in [0.25, 0.3) is 0 Å². The summed E-state index contributed by atoms with van der Waals surface area (Å²) in [6.07, 6.45) is 6.11. The molecule has 3 aliphatic carbocycles. The van der Waals surface area contributed by atoms with Crippen LogP contribution in [0.2, 0.25) is 0 Å². The number of carbonyl (C=O) groups is 5. The SMILES string of the molecule is COC1=C(C)C(=O)C2=C(C1=O)[C@@H]1[C@@H]3CC4=C(C(=O)C(OC)=C(C)C4=O)[C@H](COC(=O)C4CC=CCC4)N3[C@@H](C#N)[C@H](C2)N1C. The number of fused-ring (bicyclic) bond motifs is 5. The fourth-order valence-corrected chi connectivity index (χ4v) is 8.06. The summed E-state index contributed by atoms with van der Waals surface area (Å²) < 4.78 is 16.6. The summed E-state index contributed by atoms with van der Waals surface area (Å²) in [5.74, 6) is -2.37. The van der Waals surface area contributed by atoms with Crippen molar-refractivity contribution in [2.75, 3.05) is 27.9 Å². The molecular formula is C33H35N3O8. The Morgan fingerprint density at radius 1 is 0.909 bits per heavy atom. The molecule has 0 radical (unpaired) electrons. The third-order valence-electron chi connectivity index (χ3n) is 10.2. The van der Waals surface area contributed by atoms with Crippen LogP contribution in [0.4, 0.5) is 0 Å². The molecule has 230 valence electrons. The molecule has 1 fully saturated rings. The molecule has 0 aromatic rings. The third-order valence-corrected chi connectivity index (χ3v) is 10.2. The van der Waals surface area contributed by atoms with Crippen LogP contribution in [0.5, 0.6) is 0 Å². The molecule has 6 aliphatic rings. The molecule has 44 heavy (non-hydrogen) atoms. The first-order valence-corrected chi connectivity index (χ1v) is 14.9. The van der Waals surface area contributed by atoms with Crippen molar-refractivity contribution in [1.29, 1.82) is 5.26 Å². The molecule has 0 amide bonds. The molecule has 3 aliphatic heterocycles. The molecule has 3 heterocycles. The number of hydrogen-bond acceptors (Lipinski definition) is 11. The molecule has 0 aromatic heterocycles. The quantitative estimate of drug-likeness (QED) is 0.259. The van der Waals surface area contributed by atoms with Crippen molar-refractivity contribution in [1.82, 2.24) is 9.80 Å². The van der Waals surface area contributed by atoms with Gasteiger partial charge in [0, 0.05) is 45.5 Å². The van der Waals surface area contributed by atoms with Crippen LogP contribution in [0, 0.1) is 17.2 Å². The van der Waals surface area contributed by atoms with Gasteiger partial charge in [-0.2, -0.15) is 5.26 Å². The number of nitriles is 1. The van der Waals surface area contributed by atoms with E-state index in [1.807, 2.05) is 29.0 Å². The highest BCUT2D eigenvalue weighted by Crippen LogP contribution is 2.49. The summed E-state index contributed by atoms with van der Waals surface area (Å²) in [5.41, 5.74) is 1.44. The minimum atomic E-state index is -0.944. The highest BCUT2D eigenvalue weighted by molar-refractivity contribution is 6.26. The minimum absolute atomic E-state index is 0.0234. The van der Waals surface area contributed by atoms with E-state index in [-0.39, 0.29) is 76.3 Å². The Labute approximate surface area is 255 Å². The second-order valence-corrected chi connectivity index (χ2v) is 12.2. The van der Waals surface area contributed by atoms with Gasteiger partial charge in [-0.25, -0.2) is 0 Å². The predicted octanol–water partition coefficient (Wildman–Crippen LogP) is 2.04. The van der Waals surface area contributed by atoms with Crippen molar-refractivity contribution in [2.45, 2.75) is 76.2 Å². The van der Waals surface area contributed by atoms with Gasteiger partial charge in [0.2, 0.25) is 11.6 Å². The number of likely N-dealkylation sites (N-methyl/N-ethyl adjacent to an activating group) is 1. The van der Waals surface area contributed by atoms with E-state index in [2.05, 4.69) is 6.07 Å². The van der Waals surface area contributed by atoms with E-state index in [9.17, 15) is 29.2 Å². The third kappa shape index (κ3) is 4.19. The predicted molar refractivity (Wildman–Crippen MR) is 154 cm³/mol. The maximum Gasteiger partial charge on any atom is 0.309 e. The van der Waals surface area contributed by atoms with Gasteiger partial charge in [0.15, 0.2) is 23.1 Å². The molecule has 6 atom stereocenters. The van der Waals surface area contributed by atoms with Gasteiger partial charge in [-0.3, -0.25) is 33.8 Å². The number of hydrogen-bond donors (Lipinski definition) is 0. The number of piperazine rings is 1. The van der Waals surface area contributed by atoms with Gasteiger partial charge < -0.3 is 14.2 Å². The first-order chi connectivity index (χ1) is 21.1. The highest BCUT2D eigenvalue weighted by atomic mass is 16.5. The zero-order valence-electron chi connectivity index (χ0n) is 25.5. The van der Waals surface area contributed by atoms with Crippen LogP contribution in [0.25, 0.3) is 0 Å². The monoisotopic (exact) mass is 601 g/mol. The van der Waals surface area contributed by atoms with Gasteiger partial charge in [0.1, 0.15) is 12.6 Å². The molecular weight excluding hydrogens is 566 g/mol. The van der Waals surface area contributed by atoms with E-state index < -0.39 is 47.7 Å². The molecule has 1 unspecified atom stereocenters. The van der Waals surface area contributed by atoms with E-state index in [1.165, 1.54) is 21.1 Å². The number of allylic oxidation sites excluding steroid dienone is 6. The number of nitrogens with zero attached hydrogens (tertiary/aromatic N) is 3. The summed E-state index contributed by atoms with van der Waals surface area (Å²) in [6, 6.07) is -1.25. The molecule has 0 N–H and O–H groups in total. The van der Waals surface area contributed by atoms with Crippen LogP contribution in [-0.4, -0.2) is 97.0 Å².